The van der Waals surface area contributed by atoms with Crippen molar-refractivity contribution in [2.75, 3.05) is 0 Å². The molecular formula is C10H12O6. The first-order valence-corrected chi connectivity index (χ1v) is 4.74. The van der Waals surface area contributed by atoms with E-state index in [-0.39, 0.29) is 6.47 Å². The van der Waals surface area contributed by atoms with Gasteiger partial charge >= 0.3 is 5.97 Å². The standard InChI is InChI=1S/C10H12O6/c1-4(12)6-8(10(14)15)7(5(2)13)9(6)16-3-11/h3,6-9H,1-2H3,(H,14,15). The third kappa shape index (κ3) is 1.82. The van der Waals surface area contributed by atoms with Gasteiger partial charge < -0.3 is 9.84 Å². The Kier molecular flexibility index (Phi) is 3.41. The number of hydrogen-bond acceptors (Lipinski definition) is 5. The molecule has 1 N–H and O–H groups in total. The molecule has 2 atom stereocenters. The van der Waals surface area contributed by atoms with Crippen molar-refractivity contribution in [1.29, 1.82) is 0 Å². The predicted molar refractivity (Wildman–Crippen MR) is 50.4 cm³/mol. The Morgan fingerprint density at radius 1 is 1.06 bits per heavy atom. The fraction of sp³-hybridized carbons (Fsp3) is 0.600. The highest BCUT2D eigenvalue weighted by atomic mass is 16.5. The van der Waals surface area contributed by atoms with Gasteiger partial charge in [-0.1, -0.05) is 0 Å². The summed E-state index contributed by atoms with van der Waals surface area (Å²) in [7, 11) is 0. The van der Waals surface area contributed by atoms with Crippen LogP contribution < -0.4 is 0 Å². The summed E-state index contributed by atoms with van der Waals surface area (Å²) in [5.41, 5.74) is 0. The van der Waals surface area contributed by atoms with Crippen molar-refractivity contribution in [3.8, 4) is 0 Å². The van der Waals surface area contributed by atoms with E-state index in [0.29, 0.717) is 0 Å². The number of aliphatic carboxylic acids is 1. The van der Waals surface area contributed by atoms with Crippen LogP contribution in [0, 0.1) is 17.8 Å². The molecule has 0 bridgehead atoms. The van der Waals surface area contributed by atoms with E-state index >= 15 is 0 Å². The molecule has 1 fully saturated rings. The van der Waals surface area contributed by atoms with Gasteiger partial charge in [0.1, 0.15) is 17.7 Å². The van der Waals surface area contributed by atoms with E-state index in [1.54, 1.807) is 0 Å². The lowest BCUT2D eigenvalue weighted by molar-refractivity contribution is -0.186. The first kappa shape index (κ1) is 12.4. The summed E-state index contributed by atoms with van der Waals surface area (Å²) in [5, 5.41) is 8.91. The molecule has 1 aliphatic rings. The molecule has 2 unspecified atom stereocenters. The summed E-state index contributed by atoms with van der Waals surface area (Å²) >= 11 is 0. The van der Waals surface area contributed by atoms with Gasteiger partial charge in [0.05, 0.1) is 17.8 Å². The normalized spacial score (nSPS) is 32.4. The molecule has 0 heterocycles. The highest BCUT2D eigenvalue weighted by Gasteiger charge is 2.60. The molecule has 1 rings (SSSR count). The summed E-state index contributed by atoms with van der Waals surface area (Å²) in [6.45, 7) is 2.57. The molecule has 0 radical (unpaired) electrons. The Labute approximate surface area is 91.6 Å². The second-order valence-electron chi connectivity index (χ2n) is 3.83. The van der Waals surface area contributed by atoms with Crippen molar-refractivity contribution in [2.24, 2.45) is 17.8 Å². The summed E-state index contributed by atoms with van der Waals surface area (Å²) in [6, 6.07) is 0. The molecule has 6 heteroatoms. The zero-order chi connectivity index (χ0) is 12.5. The molecule has 0 aliphatic heterocycles. The number of ketones is 2. The molecule has 6 nitrogen and oxygen atoms in total. The number of carboxylic acid groups (broad SMARTS) is 1. The SMILES string of the molecule is CC(=O)C1C(OC=O)C(C(C)=O)C1C(=O)O. The van der Waals surface area contributed by atoms with E-state index in [1.165, 1.54) is 13.8 Å². The molecule has 0 spiro atoms. The second kappa shape index (κ2) is 4.42. The van der Waals surface area contributed by atoms with Gasteiger partial charge in [0.15, 0.2) is 0 Å². The Morgan fingerprint density at radius 3 is 1.75 bits per heavy atom. The maximum Gasteiger partial charge on any atom is 0.308 e. The lowest BCUT2D eigenvalue weighted by atomic mass is 9.59. The quantitative estimate of drug-likeness (QED) is 0.646. The van der Waals surface area contributed by atoms with Crippen molar-refractivity contribution < 1.29 is 29.0 Å². The number of carbonyl (C=O) groups is 4. The average molecular weight is 228 g/mol. The van der Waals surface area contributed by atoms with Gasteiger partial charge in [-0.05, 0) is 13.8 Å². The van der Waals surface area contributed by atoms with Crippen LogP contribution in [0.2, 0.25) is 0 Å². The molecule has 0 saturated heterocycles. The number of carbonyl (C=O) groups excluding carboxylic acids is 3. The monoisotopic (exact) mass is 228 g/mol. The summed E-state index contributed by atoms with van der Waals surface area (Å²) < 4.78 is 4.62. The maximum atomic E-state index is 11.2. The third-order valence-electron chi connectivity index (χ3n) is 2.92. The smallest absolute Gasteiger partial charge is 0.308 e. The predicted octanol–water partition coefficient (Wildman–Crippen LogP) is -0.347. The highest BCUT2D eigenvalue weighted by molar-refractivity contribution is 5.94. The fourth-order valence-corrected chi connectivity index (χ4v) is 2.22. The van der Waals surface area contributed by atoms with Crippen LogP contribution in [0.15, 0.2) is 0 Å². The van der Waals surface area contributed by atoms with Crippen LogP contribution in [0.4, 0.5) is 0 Å². The van der Waals surface area contributed by atoms with Gasteiger partial charge in [0.25, 0.3) is 6.47 Å². The summed E-state index contributed by atoms with van der Waals surface area (Å²) in [4.78, 5) is 43.6. The molecule has 0 aromatic heterocycles. The van der Waals surface area contributed by atoms with Crippen LogP contribution in [0.3, 0.4) is 0 Å². The van der Waals surface area contributed by atoms with Crippen LogP contribution >= 0.6 is 0 Å². The van der Waals surface area contributed by atoms with E-state index in [9.17, 15) is 19.2 Å². The molecule has 16 heavy (non-hydrogen) atoms. The van der Waals surface area contributed by atoms with E-state index in [0.717, 1.165) is 0 Å². The number of carboxylic acids is 1. The topological polar surface area (TPSA) is 97.7 Å². The second-order valence-corrected chi connectivity index (χ2v) is 3.83. The zero-order valence-electron chi connectivity index (χ0n) is 8.88. The average Bonchev–Trinajstić information content (AvgIpc) is 2.08. The first-order valence-electron chi connectivity index (χ1n) is 4.74. The van der Waals surface area contributed by atoms with Gasteiger partial charge in [-0.25, -0.2) is 0 Å². The van der Waals surface area contributed by atoms with E-state index in [4.69, 9.17) is 5.11 Å². The summed E-state index contributed by atoms with van der Waals surface area (Å²) in [5.74, 6) is -4.92. The Hall–Kier alpha value is -1.72. The van der Waals surface area contributed by atoms with Gasteiger partial charge in [-0.15, -0.1) is 0 Å². The van der Waals surface area contributed by atoms with E-state index in [1.807, 2.05) is 0 Å². The number of Topliss-reactive ketones (excluding diaryl/α,β-unsaturated/α-hetero) is 2. The maximum absolute atomic E-state index is 11.2. The van der Waals surface area contributed by atoms with Crippen LogP contribution in [-0.2, 0) is 23.9 Å². The van der Waals surface area contributed by atoms with Crippen molar-refractivity contribution in [2.45, 2.75) is 20.0 Å². The molecule has 0 aromatic rings. The van der Waals surface area contributed by atoms with Crippen molar-refractivity contribution >= 4 is 24.0 Å². The molecule has 88 valence electrons. The van der Waals surface area contributed by atoms with Gasteiger partial charge in [-0.2, -0.15) is 0 Å². The lowest BCUT2D eigenvalue weighted by Crippen LogP contribution is -2.60. The Morgan fingerprint density at radius 2 is 1.50 bits per heavy atom. The lowest BCUT2D eigenvalue weighted by Gasteiger charge is -2.45. The zero-order valence-corrected chi connectivity index (χ0v) is 8.88. The van der Waals surface area contributed by atoms with Crippen LogP contribution in [0.5, 0.6) is 0 Å². The molecule has 0 amide bonds. The van der Waals surface area contributed by atoms with Crippen LogP contribution in [0.25, 0.3) is 0 Å². The third-order valence-corrected chi connectivity index (χ3v) is 2.92. The number of ether oxygens (including phenoxy) is 1. The van der Waals surface area contributed by atoms with Crippen molar-refractivity contribution in [3.63, 3.8) is 0 Å². The largest absolute Gasteiger partial charge is 0.481 e. The van der Waals surface area contributed by atoms with E-state index < -0.39 is 41.4 Å². The number of hydrogen-bond donors (Lipinski definition) is 1. The summed E-state index contributed by atoms with van der Waals surface area (Å²) in [6.07, 6.45) is -0.936. The van der Waals surface area contributed by atoms with Gasteiger partial charge in [0, 0.05) is 0 Å². The van der Waals surface area contributed by atoms with E-state index in [2.05, 4.69) is 4.74 Å². The minimum atomic E-state index is -1.22. The molecule has 0 aromatic carbocycles. The fourth-order valence-electron chi connectivity index (χ4n) is 2.22. The molecular weight excluding hydrogens is 216 g/mol. The van der Waals surface area contributed by atoms with Crippen molar-refractivity contribution in [1.82, 2.24) is 0 Å². The number of rotatable bonds is 5. The van der Waals surface area contributed by atoms with Crippen LogP contribution in [-0.4, -0.2) is 35.2 Å². The van der Waals surface area contributed by atoms with Crippen molar-refractivity contribution in [3.05, 3.63) is 0 Å². The minimum absolute atomic E-state index is 0.134. The first-order chi connectivity index (χ1) is 7.41. The van der Waals surface area contributed by atoms with Gasteiger partial charge in [-0.3, -0.25) is 19.2 Å². The Bertz CT molecular complexity index is 325. The van der Waals surface area contributed by atoms with Gasteiger partial charge in [0.2, 0.25) is 0 Å². The Balaban J connectivity index is 2.97. The molecule has 1 saturated carbocycles. The van der Waals surface area contributed by atoms with Crippen LogP contribution in [0.1, 0.15) is 13.8 Å². The minimum Gasteiger partial charge on any atom is -0.481 e. The highest BCUT2D eigenvalue weighted by Crippen LogP contribution is 2.43. The molecule has 1 aliphatic carbocycles.